The van der Waals surface area contributed by atoms with Crippen LogP contribution in [0.25, 0.3) is 0 Å². The van der Waals surface area contributed by atoms with E-state index in [1.807, 2.05) is 0 Å². The Morgan fingerprint density at radius 2 is 1.64 bits per heavy atom. The number of hydrogen-bond acceptors (Lipinski definition) is 4. The Bertz CT molecular complexity index is 893. The molecule has 1 amide bonds. The zero-order valence-corrected chi connectivity index (χ0v) is 17.0. The monoisotopic (exact) mass is 422 g/mol. The first-order valence-corrected chi connectivity index (χ1v) is 11.0. The van der Waals surface area contributed by atoms with Crippen LogP contribution in [0.4, 0.5) is 0 Å². The number of benzene rings is 2. The van der Waals surface area contributed by atoms with E-state index in [0.29, 0.717) is 30.4 Å². The van der Waals surface area contributed by atoms with Gasteiger partial charge in [0.05, 0.1) is 4.90 Å². The normalized spacial score (nSPS) is 15.2. The number of carbonyl (C=O) groups is 1. The highest BCUT2D eigenvalue weighted by molar-refractivity contribution is 7.89. The van der Waals surface area contributed by atoms with Crippen LogP contribution < -0.4 is 10.1 Å². The Kier molecular flexibility index (Phi) is 6.93. The number of halogens is 1. The Labute approximate surface area is 170 Å². The van der Waals surface area contributed by atoms with Crippen LogP contribution in [0, 0.1) is 0 Å². The molecule has 0 aromatic heterocycles. The molecule has 0 aliphatic carbocycles. The van der Waals surface area contributed by atoms with Gasteiger partial charge in [0.1, 0.15) is 5.75 Å². The first kappa shape index (κ1) is 20.6. The minimum Gasteiger partial charge on any atom is -0.484 e. The number of ether oxygens (including phenoxy) is 1. The SMILES string of the molecule is O=C(COc1ccc(Cl)cc1)NCc1ccc(S(=O)(=O)N2CCCCC2)cc1. The van der Waals surface area contributed by atoms with Gasteiger partial charge in [0, 0.05) is 24.7 Å². The van der Waals surface area contributed by atoms with Gasteiger partial charge >= 0.3 is 0 Å². The molecule has 0 unspecified atom stereocenters. The van der Waals surface area contributed by atoms with Crippen molar-refractivity contribution in [1.29, 1.82) is 0 Å². The minimum atomic E-state index is -3.44. The molecular formula is C20H23ClN2O4S. The summed E-state index contributed by atoms with van der Waals surface area (Å²) in [6.45, 7) is 1.34. The molecule has 1 heterocycles. The van der Waals surface area contributed by atoms with Crippen LogP contribution >= 0.6 is 11.6 Å². The number of carbonyl (C=O) groups excluding carboxylic acids is 1. The summed E-state index contributed by atoms with van der Waals surface area (Å²) in [5.41, 5.74) is 0.817. The molecule has 1 saturated heterocycles. The number of piperidine rings is 1. The molecule has 1 aliphatic heterocycles. The summed E-state index contributed by atoms with van der Waals surface area (Å²) in [5.74, 6) is 0.298. The molecule has 0 bridgehead atoms. The number of nitrogens with zero attached hydrogens (tertiary/aromatic N) is 1. The summed E-state index contributed by atoms with van der Waals surface area (Å²) in [5, 5.41) is 3.35. The molecule has 1 fully saturated rings. The van der Waals surface area contributed by atoms with E-state index in [2.05, 4.69) is 5.32 Å². The topological polar surface area (TPSA) is 75.7 Å². The summed E-state index contributed by atoms with van der Waals surface area (Å²) in [7, 11) is -3.44. The van der Waals surface area contributed by atoms with Crippen LogP contribution in [0.15, 0.2) is 53.4 Å². The van der Waals surface area contributed by atoms with E-state index in [4.69, 9.17) is 16.3 Å². The van der Waals surface area contributed by atoms with Gasteiger partial charge in [0.25, 0.3) is 5.91 Å². The van der Waals surface area contributed by atoms with Gasteiger partial charge in [0.15, 0.2) is 6.61 Å². The van der Waals surface area contributed by atoms with Crippen molar-refractivity contribution in [3.63, 3.8) is 0 Å². The van der Waals surface area contributed by atoms with E-state index in [0.717, 1.165) is 24.8 Å². The average molecular weight is 423 g/mol. The lowest BCUT2D eigenvalue weighted by Gasteiger charge is -2.25. The van der Waals surface area contributed by atoms with Crippen molar-refractivity contribution in [2.75, 3.05) is 19.7 Å². The van der Waals surface area contributed by atoms with Crippen molar-refractivity contribution in [3.8, 4) is 5.75 Å². The highest BCUT2D eigenvalue weighted by Crippen LogP contribution is 2.21. The van der Waals surface area contributed by atoms with Crippen molar-refractivity contribution in [3.05, 3.63) is 59.1 Å². The third-order valence-electron chi connectivity index (χ3n) is 4.55. The fraction of sp³-hybridized carbons (Fsp3) is 0.350. The molecule has 8 heteroatoms. The van der Waals surface area contributed by atoms with Crippen LogP contribution in [-0.4, -0.2) is 38.3 Å². The maximum atomic E-state index is 12.6. The summed E-state index contributed by atoms with van der Waals surface area (Å²) < 4.78 is 32.2. The van der Waals surface area contributed by atoms with Crippen LogP contribution in [0.2, 0.25) is 5.02 Å². The summed E-state index contributed by atoms with van der Waals surface area (Å²) >= 11 is 5.80. The second-order valence-corrected chi connectivity index (χ2v) is 9.00. The maximum Gasteiger partial charge on any atom is 0.258 e. The molecule has 28 heavy (non-hydrogen) atoms. The number of rotatable bonds is 7. The molecular weight excluding hydrogens is 400 g/mol. The number of hydrogen-bond donors (Lipinski definition) is 1. The fourth-order valence-corrected chi connectivity index (χ4v) is 4.61. The predicted octanol–water partition coefficient (Wildman–Crippen LogP) is 3.21. The lowest BCUT2D eigenvalue weighted by molar-refractivity contribution is -0.123. The maximum absolute atomic E-state index is 12.6. The van der Waals surface area contributed by atoms with E-state index in [1.165, 1.54) is 0 Å². The first-order chi connectivity index (χ1) is 13.4. The van der Waals surface area contributed by atoms with E-state index < -0.39 is 10.0 Å². The van der Waals surface area contributed by atoms with Gasteiger partial charge in [-0.2, -0.15) is 4.31 Å². The van der Waals surface area contributed by atoms with Crippen molar-refractivity contribution in [2.24, 2.45) is 0 Å². The second kappa shape index (κ2) is 9.41. The van der Waals surface area contributed by atoms with E-state index in [9.17, 15) is 13.2 Å². The van der Waals surface area contributed by atoms with Crippen molar-refractivity contribution < 1.29 is 17.9 Å². The Balaban J connectivity index is 1.49. The highest BCUT2D eigenvalue weighted by atomic mass is 35.5. The Morgan fingerprint density at radius 1 is 1.00 bits per heavy atom. The van der Waals surface area contributed by atoms with Crippen LogP contribution in [0.5, 0.6) is 5.75 Å². The van der Waals surface area contributed by atoms with Crippen LogP contribution in [0.1, 0.15) is 24.8 Å². The minimum absolute atomic E-state index is 0.108. The average Bonchev–Trinajstić information content (AvgIpc) is 2.73. The molecule has 6 nitrogen and oxygen atoms in total. The van der Waals surface area contributed by atoms with E-state index in [-0.39, 0.29) is 17.4 Å². The second-order valence-electron chi connectivity index (χ2n) is 6.63. The summed E-state index contributed by atoms with van der Waals surface area (Å²) in [6.07, 6.45) is 2.88. The fourth-order valence-electron chi connectivity index (χ4n) is 2.96. The molecule has 0 radical (unpaired) electrons. The largest absolute Gasteiger partial charge is 0.484 e. The Hall–Kier alpha value is -2.09. The molecule has 1 aliphatic rings. The van der Waals surface area contributed by atoms with Crippen molar-refractivity contribution in [2.45, 2.75) is 30.7 Å². The lowest BCUT2D eigenvalue weighted by atomic mass is 10.2. The van der Waals surface area contributed by atoms with E-state index >= 15 is 0 Å². The number of sulfonamides is 1. The quantitative estimate of drug-likeness (QED) is 0.743. The lowest BCUT2D eigenvalue weighted by Crippen LogP contribution is -2.35. The standard InChI is InChI=1S/C20H23ClN2O4S/c21-17-6-8-18(9-7-17)27-15-20(24)22-14-16-4-10-19(11-5-16)28(25,26)23-12-2-1-3-13-23/h4-11H,1-3,12-15H2,(H,22,24). The molecule has 2 aromatic rings. The van der Waals surface area contributed by atoms with Gasteiger partial charge in [-0.3, -0.25) is 4.79 Å². The predicted molar refractivity (Wildman–Crippen MR) is 108 cm³/mol. The molecule has 0 spiro atoms. The van der Waals surface area contributed by atoms with Crippen molar-refractivity contribution >= 4 is 27.5 Å². The first-order valence-electron chi connectivity index (χ1n) is 9.19. The zero-order valence-electron chi connectivity index (χ0n) is 15.4. The van der Waals surface area contributed by atoms with Gasteiger partial charge in [-0.15, -0.1) is 0 Å². The van der Waals surface area contributed by atoms with Gasteiger partial charge in [-0.25, -0.2) is 8.42 Å². The van der Waals surface area contributed by atoms with E-state index in [1.54, 1.807) is 52.8 Å². The molecule has 1 N–H and O–H groups in total. The van der Waals surface area contributed by atoms with Gasteiger partial charge < -0.3 is 10.1 Å². The van der Waals surface area contributed by atoms with Gasteiger partial charge in [-0.1, -0.05) is 30.2 Å². The molecule has 0 atom stereocenters. The van der Waals surface area contributed by atoms with Gasteiger partial charge in [0.2, 0.25) is 10.0 Å². The summed E-state index contributed by atoms with van der Waals surface area (Å²) in [6, 6.07) is 13.4. The Morgan fingerprint density at radius 3 is 2.29 bits per heavy atom. The van der Waals surface area contributed by atoms with Crippen LogP contribution in [0.3, 0.4) is 0 Å². The van der Waals surface area contributed by atoms with Crippen molar-refractivity contribution in [1.82, 2.24) is 9.62 Å². The highest BCUT2D eigenvalue weighted by Gasteiger charge is 2.25. The molecule has 150 valence electrons. The third-order valence-corrected chi connectivity index (χ3v) is 6.71. The molecule has 3 rings (SSSR count). The smallest absolute Gasteiger partial charge is 0.258 e. The molecule has 2 aromatic carbocycles. The third kappa shape index (κ3) is 5.47. The number of amides is 1. The molecule has 0 saturated carbocycles. The zero-order chi connectivity index (χ0) is 20.0. The summed E-state index contributed by atoms with van der Waals surface area (Å²) in [4.78, 5) is 12.2. The van der Waals surface area contributed by atoms with Crippen LogP contribution in [-0.2, 0) is 21.4 Å². The number of nitrogens with one attached hydrogen (secondary N) is 1. The van der Waals surface area contributed by atoms with Gasteiger partial charge in [-0.05, 0) is 54.8 Å².